The molecule has 0 aliphatic carbocycles. The van der Waals surface area contributed by atoms with E-state index in [2.05, 4.69) is 219 Å². The van der Waals surface area contributed by atoms with E-state index in [1.165, 1.54) is 38.9 Å². The summed E-state index contributed by atoms with van der Waals surface area (Å²) in [6, 6.07) is 51.0. The minimum Gasteiger partial charge on any atom is -0.509 e. The van der Waals surface area contributed by atoms with Gasteiger partial charge < -0.3 is 19.1 Å². The average molecular weight is 1040 g/mol. The van der Waals surface area contributed by atoms with E-state index in [0.29, 0.717) is 29.3 Å². The Morgan fingerprint density at radius 1 is 0.585 bits per heavy atom. The van der Waals surface area contributed by atoms with Gasteiger partial charge in [0.2, 0.25) is 0 Å². The Morgan fingerprint density at radius 3 is 1.83 bits per heavy atom. The fourth-order valence-electron chi connectivity index (χ4n) is 9.04. The summed E-state index contributed by atoms with van der Waals surface area (Å²) in [7, 11) is 0. The second-order valence-electron chi connectivity index (χ2n) is 20.5. The van der Waals surface area contributed by atoms with Gasteiger partial charge in [-0.05, 0) is 115 Å². The first-order valence-corrected chi connectivity index (χ1v) is 22.9. The molecule has 6 aromatic carbocycles. The van der Waals surface area contributed by atoms with E-state index in [0.717, 1.165) is 50.4 Å². The third-order valence-corrected chi connectivity index (χ3v) is 12.7. The number of hydrogen-bond donors (Lipinski definition) is 0. The number of aromatic nitrogens is 2. The predicted molar refractivity (Wildman–Crippen MR) is 269 cm³/mol. The van der Waals surface area contributed by atoms with Crippen molar-refractivity contribution >= 4 is 44.6 Å². The first-order chi connectivity index (χ1) is 30.5. The fraction of sp³-hybridized carbons (Fsp3) is 0.288. The van der Waals surface area contributed by atoms with Crippen LogP contribution in [0.15, 0.2) is 128 Å². The van der Waals surface area contributed by atoms with Gasteiger partial charge in [0, 0.05) is 61.3 Å². The van der Waals surface area contributed by atoms with Crippen LogP contribution >= 0.6 is 0 Å². The van der Waals surface area contributed by atoms with E-state index in [-0.39, 0.29) is 31.9 Å². The molecule has 2 aromatic heterocycles. The van der Waals surface area contributed by atoms with E-state index >= 15 is 0 Å². The second-order valence-corrected chi connectivity index (χ2v) is 20.5. The van der Waals surface area contributed by atoms with Gasteiger partial charge in [-0.25, -0.2) is 4.98 Å². The SMILES string of the molecule is CC(C)c1cc(C(C)C)c(-c2ccnc(-n3c4[c-]c(Oc5[c-]c(N6[CH-]N(c7cc(C(C)(C)C)cc(C(C)(C)C)c7)c7ccccc76)ccc5)ccc4c4ccccc43)c2)c(C(C)C)c1.[Pt]. The Labute approximate surface area is 401 Å². The first kappa shape index (κ1) is 45.9. The van der Waals surface area contributed by atoms with Crippen molar-refractivity contribution in [2.24, 2.45) is 0 Å². The summed E-state index contributed by atoms with van der Waals surface area (Å²) < 4.78 is 8.92. The van der Waals surface area contributed by atoms with Gasteiger partial charge in [-0.3, -0.25) is 0 Å². The molecule has 8 aromatic rings. The molecule has 0 saturated heterocycles. The summed E-state index contributed by atoms with van der Waals surface area (Å²) >= 11 is 0. The van der Waals surface area contributed by atoms with Crippen molar-refractivity contribution in [2.45, 2.75) is 112 Å². The van der Waals surface area contributed by atoms with E-state index in [1.54, 1.807) is 0 Å². The second kappa shape index (κ2) is 17.6. The minimum absolute atomic E-state index is 0. The van der Waals surface area contributed by atoms with Crippen LogP contribution in [0.1, 0.15) is 129 Å². The first-order valence-electron chi connectivity index (χ1n) is 22.9. The molecule has 0 radical (unpaired) electrons. The molecule has 0 atom stereocenters. The minimum atomic E-state index is -0.00153. The van der Waals surface area contributed by atoms with Gasteiger partial charge in [-0.1, -0.05) is 137 Å². The van der Waals surface area contributed by atoms with Gasteiger partial charge in [0.1, 0.15) is 5.82 Å². The molecule has 0 spiro atoms. The Balaban J connectivity index is 0.00000576. The number of pyridine rings is 1. The van der Waals surface area contributed by atoms with Crippen LogP contribution in [0.3, 0.4) is 0 Å². The molecule has 9 rings (SSSR count). The van der Waals surface area contributed by atoms with Crippen LogP contribution in [0.5, 0.6) is 11.5 Å². The number of fused-ring (bicyclic) bond motifs is 4. The van der Waals surface area contributed by atoms with Crippen LogP contribution in [0.2, 0.25) is 0 Å². The van der Waals surface area contributed by atoms with E-state index < -0.39 is 0 Å². The monoisotopic (exact) mass is 1040 g/mol. The molecule has 0 unspecified atom stereocenters. The molecule has 6 heteroatoms. The molecule has 336 valence electrons. The van der Waals surface area contributed by atoms with Crippen molar-refractivity contribution < 1.29 is 25.8 Å². The van der Waals surface area contributed by atoms with Crippen LogP contribution in [0.25, 0.3) is 38.8 Å². The van der Waals surface area contributed by atoms with E-state index in [4.69, 9.17) is 9.72 Å². The Hall–Kier alpha value is -5.64. The van der Waals surface area contributed by atoms with Crippen molar-refractivity contribution in [1.82, 2.24) is 9.55 Å². The number of para-hydroxylation sites is 3. The van der Waals surface area contributed by atoms with E-state index in [9.17, 15) is 0 Å². The van der Waals surface area contributed by atoms with Crippen molar-refractivity contribution in [3.8, 4) is 28.4 Å². The van der Waals surface area contributed by atoms with Gasteiger partial charge in [-0.2, -0.15) is 12.1 Å². The number of anilines is 4. The van der Waals surface area contributed by atoms with Crippen molar-refractivity contribution in [3.05, 3.63) is 174 Å². The van der Waals surface area contributed by atoms with Gasteiger partial charge in [0.05, 0.1) is 0 Å². The number of benzene rings is 6. The van der Waals surface area contributed by atoms with Crippen LogP contribution in [0, 0.1) is 18.8 Å². The quantitative estimate of drug-likeness (QED) is 0.135. The van der Waals surface area contributed by atoms with Gasteiger partial charge in [0.25, 0.3) is 0 Å². The zero-order valence-electron chi connectivity index (χ0n) is 39.9. The number of hydrogen-bond acceptors (Lipinski definition) is 4. The molecule has 0 saturated carbocycles. The largest absolute Gasteiger partial charge is 0.509 e. The fourth-order valence-corrected chi connectivity index (χ4v) is 9.04. The van der Waals surface area contributed by atoms with Crippen LogP contribution in [-0.2, 0) is 31.9 Å². The average Bonchev–Trinajstić information content (AvgIpc) is 3.81. The Morgan fingerprint density at radius 2 is 1.20 bits per heavy atom. The molecule has 0 amide bonds. The number of rotatable bonds is 9. The number of ether oxygens (including phenoxy) is 1. The maximum absolute atomic E-state index is 6.69. The maximum Gasteiger partial charge on any atom is 0.136 e. The molecule has 3 heterocycles. The Bertz CT molecular complexity index is 2970. The standard InChI is InChI=1S/C59H61N4O.Pt/c1-37(2)41-28-50(38(3)4)57(51(29-41)39(5)6)40-26-27-60-56(30-40)63-52-21-14-13-20-48(52)49-25-24-47(35-55(49)63)64-46-19-17-18-44(34-46)61-36-62(54-23-16-15-22-53(54)61)45-32-42(58(7,8)9)31-43(33-45)59(10,11)12;/h13-33,36-39H,1-12H3;/q-3;. The maximum atomic E-state index is 6.69. The summed E-state index contributed by atoms with van der Waals surface area (Å²) in [5.41, 5.74) is 15.5. The molecule has 1 aliphatic rings. The van der Waals surface area contributed by atoms with Crippen molar-refractivity contribution in [2.75, 3.05) is 9.80 Å². The molecule has 5 nitrogen and oxygen atoms in total. The van der Waals surface area contributed by atoms with Crippen molar-refractivity contribution in [1.29, 1.82) is 0 Å². The summed E-state index contributed by atoms with van der Waals surface area (Å²) in [5, 5.41) is 2.23. The zero-order valence-corrected chi connectivity index (χ0v) is 42.2. The normalized spacial score (nSPS) is 13.1. The Kier molecular flexibility index (Phi) is 12.5. The zero-order chi connectivity index (χ0) is 45.2. The molecule has 0 fully saturated rings. The smallest absolute Gasteiger partial charge is 0.136 e. The third kappa shape index (κ3) is 8.77. The molecule has 65 heavy (non-hydrogen) atoms. The molecule has 1 aliphatic heterocycles. The predicted octanol–water partition coefficient (Wildman–Crippen LogP) is 16.6. The molecular formula is C59H61N4OPt-3. The molecule has 0 N–H and O–H groups in total. The number of nitrogens with zero attached hydrogens (tertiary/aromatic N) is 4. The van der Waals surface area contributed by atoms with Gasteiger partial charge in [-0.15, -0.1) is 48.1 Å². The molecule has 0 bridgehead atoms. The van der Waals surface area contributed by atoms with Crippen LogP contribution in [-0.4, -0.2) is 9.55 Å². The van der Waals surface area contributed by atoms with Crippen LogP contribution < -0.4 is 14.5 Å². The summed E-state index contributed by atoms with van der Waals surface area (Å²) in [6.07, 6.45) is 1.95. The van der Waals surface area contributed by atoms with Crippen LogP contribution in [0.4, 0.5) is 22.7 Å². The van der Waals surface area contributed by atoms with Gasteiger partial charge in [0.15, 0.2) is 0 Å². The third-order valence-electron chi connectivity index (χ3n) is 12.7. The van der Waals surface area contributed by atoms with Crippen molar-refractivity contribution in [3.63, 3.8) is 0 Å². The summed E-state index contributed by atoms with van der Waals surface area (Å²) in [5.74, 6) is 3.24. The summed E-state index contributed by atoms with van der Waals surface area (Å²) in [4.78, 5) is 9.55. The summed E-state index contributed by atoms with van der Waals surface area (Å²) in [6.45, 7) is 29.7. The van der Waals surface area contributed by atoms with Gasteiger partial charge >= 0.3 is 0 Å². The molecular weight excluding hydrogens is 976 g/mol. The topological polar surface area (TPSA) is 33.5 Å². The van der Waals surface area contributed by atoms with E-state index in [1.807, 2.05) is 24.4 Å².